The third kappa shape index (κ3) is 3.95. The molecule has 1 aromatic rings. The van der Waals surface area contributed by atoms with Crippen LogP contribution in [0, 0.1) is 6.92 Å². The van der Waals surface area contributed by atoms with Gasteiger partial charge in [-0.2, -0.15) is 0 Å². The van der Waals surface area contributed by atoms with E-state index in [0.717, 1.165) is 37.3 Å². The molecule has 1 saturated heterocycles. The lowest BCUT2D eigenvalue weighted by Crippen LogP contribution is -2.41. The zero-order valence-electron chi connectivity index (χ0n) is 12.1. The number of halogens is 1. The van der Waals surface area contributed by atoms with Crippen molar-refractivity contribution in [1.82, 2.24) is 10.2 Å². The van der Waals surface area contributed by atoms with Gasteiger partial charge in [0.25, 0.3) is 0 Å². The summed E-state index contributed by atoms with van der Waals surface area (Å²) in [4.78, 5) is 14.3. The quantitative estimate of drug-likeness (QED) is 0.876. The van der Waals surface area contributed by atoms with E-state index < -0.39 is 0 Å². The van der Waals surface area contributed by atoms with E-state index >= 15 is 0 Å². The highest BCUT2D eigenvalue weighted by atomic mass is 35.5. The molecule has 2 N–H and O–H groups in total. The summed E-state index contributed by atoms with van der Waals surface area (Å²) in [6.07, 6.45) is 1.11. The van der Waals surface area contributed by atoms with Crippen molar-refractivity contribution in [3.05, 3.63) is 28.8 Å². The predicted molar refractivity (Wildman–Crippen MR) is 83.3 cm³/mol. The summed E-state index contributed by atoms with van der Waals surface area (Å²) in [6.45, 7) is 7.35. The summed E-state index contributed by atoms with van der Waals surface area (Å²) >= 11 is 6.06. The van der Waals surface area contributed by atoms with Gasteiger partial charge in [-0.1, -0.05) is 24.6 Å². The molecule has 4 nitrogen and oxygen atoms in total. The van der Waals surface area contributed by atoms with Gasteiger partial charge in [0.15, 0.2) is 0 Å². The van der Waals surface area contributed by atoms with Crippen molar-refractivity contribution in [3.63, 3.8) is 0 Å². The number of amides is 1. The Bertz CT molecular complexity index is 472. The Kier molecular flexibility index (Phi) is 5.40. The van der Waals surface area contributed by atoms with E-state index in [0.29, 0.717) is 17.6 Å². The molecule has 0 aliphatic carbocycles. The summed E-state index contributed by atoms with van der Waals surface area (Å²) in [5, 5.41) is 6.92. The molecule has 1 fully saturated rings. The van der Waals surface area contributed by atoms with Crippen LogP contribution in [-0.4, -0.2) is 43.0 Å². The van der Waals surface area contributed by atoms with Gasteiger partial charge in [0.2, 0.25) is 5.91 Å². The van der Waals surface area contributed by atoms with E-state index in [1.54, 1.807) is 6.07 Å². The zero-order valence-corrected chi connectivity index (χ0v) is 12.8. The number of carbonyl (C=O) groups is 1. The van der Waals surface area contributed by atoms with Crippen LogP contribution in [0.2, 0.25) is 5.02 Å². The minimum absolute atomic E-state index is 0.0127. The molecule has 2 rings (SSSR count). The fourth-order valence-corrected chi connectivity index (χ4v) is 2.69. The highest BCUT2D eigenvalue weighted by Crippen LogP contribution is 2.20. The van der Waals surface area contributed by atoms with E-state index in [2.05, 4.69) is 22.5 Å². The second-order valence-electron chi connectivity index (χ2n) is 5.22. The van der Waals surface area contributed by atoms with Gasteiger partial charge in [0.05, 0.1) is 6.54 Å². The smallest absolute Gasteiger partial charge is 0.238 e. The Balaban J connectivity index is 1.91. The highest BCUT2D eigenvalue weighted by Gasteiger charge is 2.22. The first kappa shape index (κ1) is 15.3. The van der Waals surface area contributed by atoms with E-state index in [4.69, 9.17) is 11.6 Å². The van der Waals surface area contributed by atoms with Gasteiger partial charge in [0, 0.05) is 23.3 Å². The van der Waals surface area contributed by atoms with Crippen molar-refractivity contribution < 1.29 is 4.79 Å². The van der Waals surface area contributed by atoms with Crippen LogP contribution in [0.1, 0.15) is 18.9 Å². The van der Waals surface area contributed by atoms with Crippen LogP contribution in [0.3, 0.4) is 0 Å². The van der Waals surface area contributed by atoms with Gasteiger partial charge < -0.3 is 10.6 Å². The van der Waals surface area contributed by atoms with Crippen molar-refractivity contribution in [3.8, 4) is 0 Å². The SMILES string of the molecule is CCN(CC(=O)Nc1ccc(C)c(Cl)c1)C1CCNC1. The van der Waals surface area contributed by atoms with Gasteiger partial charge in [-0.25, -0.2) is 0 Å². The Labute approximate surface area is 125 Å². The lowest BCUT2D eigenvalue weighted by Gasteiger charge is -2.26. The topological polar surface area (TPSA) is 44.4 Å². The lowest BCUT2D eigenvalue weighted by atomic mass is 10.2. The Morgan fingerprint density at radius 1 is 1.55 bits per heavy atom. The van der Waals surface area contributed by atoms with E-state index in [9.17, 15) is 4.79 Å². The minimum Gasteiger partial charge on any atom is -0.325 e. The van der Waals surface area contributed by atoms with Crippen LogP contribution in [0.25, 0.3) is 0 Å². The van der Waals surface area contributed by atoms with Gasteiger partial charge in [0.1, 0.15) is 0 Å². The molecule has 5 heteroatoms. The molecule has 0 saturated carbocycles. The standard InChI is InChI=1S/C15H22ClN3O/c1-3-19(13-6-7-17-9-13)10-15(20)18-12-5-4-11(2)14(16)8-12/h4-5,8,13,17H,3,6-7,9-10H2,1-2H3,(H,18,20). The average Bonchev–Trinajstić information content (AvgIpc) is 2.94. The molecule has 1 aliphatic heterocycles. The van der Waals surface area contributed by atoms with Crippen LogP contribution in [0.15, 0.2) is 18.2 Å². The van der Waals surface area contributed by atoms with Crippen LogP contribution in [0.4, 0.5) is 5.69 Å². The Morgan fingerprint density at radius 2 is 2.35 bits per heavy atom. The first-order valence-electron chi connectivity index (χ1n) is 7.11. The average molecular weight is 296 g/mol. The number of hydrogen-bond acceptors (Lipinski definition) is 3. The molecule has 1 amide bonds. The number of aryl methyl sites for hydroxylation is 1. The molecular weight excluding hydrogens is 274 g/mol. The lowest BCUT2D eigenvalue weighted by molar-refractivity contribution is -0.117. The monoisotopic (exact) mass is 295 g/mol. The van der Waals surface area contributed by atoms with Crippen molar-refractivity contribution in [2.45, 2.75) is 26.3 Å². The van der Waals surface area contributed by atoms with E-state index in [1.165, 1.54) is 0 Å². The highest BCUT2D eigenvalue weighted by molar-refractivity contribution is 6.31. The number of rotatable bonds is 5. The molecule has 1 aromatic carbocycles. The summed E-state index contributed by atoms with van der Waals surface area (Å²) in [5.41, 5.74) is 1.77. The van der Waals surface area contributed by atoms with Crippen molar-refractivity contribution >= 4 is 23.2 Å². The fraction of sp³-hybridized carbons (Fsp3) is 0.533. The molecular formula is C15H22ClN3O. The molecule has 20 heavy (non-hydrogen) atoms. The maximum Gasteiger partial charge on any atom is 0.238 e. The van der Waals surface area contributed by atoms with Gasteiger partial charge in [-0.05, 0) is 44.1 Å². The summed E-state index contributed by atoms with van der Waals surface area (Å²) < 4.78 is 0. The molecule has 1 atom stereocenters. The summed E-state index contributed by atoms with van der Waals surface area (Å²) in [6, 6.07) is 6.05. The summed E-state index contributed by atoms with van der Waals surface area (Å²) in [5.74, 6) is 0.0127. The third-order valence-corrected chi connectivity index (χ3v) is 4.17. The first-order chi connectivity index (χ1) is 9.60. The van der Waals surface area contributed by atoms with Crippen LogP contribution >= 0.6 is 11.6 Å². The molecule has 1 unspecified atom stereocenters. The molecule has 0 bridgehead atoms. The second kappa shape index (κ2) is 7.07. The number of hydrogen-bond donors (Lipinski definition) is 2. The number of nitrogens with one attached hydrogen (secondary N) is 2. The van der Waals surface area contributed by atoms with Crippen molar-refractivity contribution in [2.24, 2.45) is 0 Å². The van der Waals surface area contributed by atoms with Gasteiger partial charge in [-0.3, -0.25) is 9.69 Å². The molecule has 0 spiro atoms. The minimum atomic E-state index is 0.0127. The second-order valence-corrected chi connectivity index (χ2v) is 5.63. The number of carbonyl (C=O) groups excluding carboxylic acids is 1. The maximum atomic E-state index is 12.1. The van der Waals surface area contributed by atoms with Crippen LogP contribution < -0.4 is 10.6 Å². The number of nitrogens with zero attached hydrogens (tertiary/aromatic N) is 1. The molecule has 110 valence electrons. The number of likely N-dealkylation sites (N-methyl/N-ethyl adjacent to an activating group) is 1. The summed E-state index contributed by atoms with van der Waals surface area (Å²) in [7, 11) is 0. The molecule has 1 heterocycles. The van der Waals surface area contributed by atoms with Crippen LogP contribution in [0.5, 0.6) is 0 Å². The van der Waals surface area contributed by atoms with Gasteiger partial charge >= 0.3 is 0 Å². The number of anilines is 1. The molecule has 0 radical (unpaired) electrons. The normalized spacial score (nSPS) is 18.5. The largest absolute Gasteiger partial charge is 0.325 e. The molecule has 1 aliphatic rings. The zero-order chi connectivity index (χ0) is 14.5. The fourth-order valence-electron chi connectivity index (χ4n) is 2.51. The third-order valence-electron chi connectivity index (χ3n) is 3.76. The Hall–Kier alpha value is -1.10. The number of benzene rings is 1. The van der Waals surface area contributed by atoms with E-state index in [-0.39, 0.29) is 5.91 Å². The Morgan fingerprint density at radius 3 is 2.95 bits per heavy atom. The van der Waals surface area contributed by atoms with Gasteiger partial charge in [-0.15, -0.1) is 0 Å². The van der Waals surface area contributed by atoms with E-state index in [1.807, 2.05) is 19.1 Å². The maximum absolute atomic E-state index is 12.1. The predicted octanol–water partition coefficient (Wildman–Crippen LogP) is 2.27. The first-order valence-corrected chi connectivity index (χ1v) is 7.48. The van der Waals surface area contributed by atoms with Crippen molar-refractivity contribution in [2.75, 3.05) is 31.5 Å². The molecule has 0 aromatic heterocycles. The van der Waals surface area contributed by atoms with Crippen LogP contribution in [-0.2, 0) is 4.79 Å². The van der Waals surface area contributed by atoms with Crippen molar-refractivity contribution in [1.29, 1.82) is 0 Å².